The van der Waals surface area contributed by atoms with Gasteiger partial charge in [0.15, 0.2) is 0 Å². The van der Waals surface area contributed by atoms with Gasteiger partial charge in [-0.2, -0.15) is 0 Å². The number of carboxylic acids is 1. The zero-order valence-corrected chi connectivity index (χ0v) is 15.8. The van der Waals surface area contributed by atoms with E-state index < -0.39 is 11.9 Å². The molecule has 1 aliphatic heterocycles. The number of pyridine rings is 1. The molecule has 1 aliphatic rings. The Labute approximate surface area is 163 Å². The SMILES string of the molecule is COc1ccc(Oc2ccc(NC(=O)N3CC(C)CC(C(=O)O)C3)cn2)cc1. The zero-order valence-electron chi connectivity index (χ0n) is 15.8. The molecule has 1 aromatic heterocycles. The van der Waals surface area contributed by atoms with Crippen molar-refractivity contribution in [3.8, 4) is 17.4 Å². The van der Waals surface area contributed by atoms with E-state index in [0.29, 0.717) is 30.3 Å². The van der Waals surface area contributed by atoms with Gasteiger partial charge in [-0.15, -0.1) is 0 Å². The van der Waals surface area contributed by atoms with Crippen LogP contribution in [0.25, 0.3) is 0 Å². The minimum Gasteiger partial charge on any atom is -0.497 e. The van der Waals surface area contributed by atoms with Gasteiger partial charge in [0.05, 0.1) is 24.9 Å². The third-order valence-corrected chi connectivity index (χ3v) is 4.57. The van der Waals surface area contributed by atoms with Crippen molar-refractivity contribution < 1.29 is 24.2 Å². The van der Waals surface area contributed by atoms with E-state index in [1.807, 2.05) is 6.92 Å². The highest BCUT2D eigenvalue weighted by Gasteiger charge is 2.31. The Hall–Kier alpha value is -3.29. The lowest BCUT2D eigenvalue weighted by molar-refractivity contribution is -0.143. The van der Waals surface area contributed by atoms with Crippen molar-refractivity contribution in [3.63, 3.8) is 0 Å². The first kappa shape index (κ1) is 19.5. The summed E-state index contributed by atoms with van der Waals surface area (Å²) < 4.78 is 10.8. The second kappa shape index (κ2) is 8.60. The number of carboxylic acid groups (broad SMARTS) is 1. The number of aliphatic carboxylic acids is 1. The topological polar surface area (TPSA) is 101 Å². The molecule has 3 rings (SSSR count). The van der Waals surface area contributed by atoms with Crippen LogP contribution in [-0.4, -0.2) is 47.2 Å². The fraction of sp³-hybridized carbons (Fsp3) is 0.350. The van der Waals surface area contributed by atoms with Crippen LogP contribution in [0, 0.1) is 11.8 Å². The van der Waals surface area contributed by atoms with Crippen molar-refractivity contribution in [2.45, 2.75) is 13.3 Å². The molecule has 2 unspecified atom stereocenters. The van der Waals surface area contributed by atoms with Crippen LogP contribution in [0.1, 0.15) is 13.3 Å². The molecule has 2 aromatic rings. The van der Waals surface area contributed by atoms with E-state index >= 15 is 0 Å². The minimum absolute atomic E-state index is 0.138. The normalized spacial score (nSPS) is 19.0. The Morgan fingerprint density at radius 1 is 1.14 bits per heavy atom. The van der Waals surface area contributed by atoms with Crippen molar-refractivity contribution in [3.05, 3.63) is 42.6 Å². The van der Waals surface area contributed by atoms with E-state index in [4.69, 9.17) is 9.47 Å². The van der Waals surface area contributed by atoms with Crippen molar-refractivity contribution in [2.24, 2.45) is 11.8 Å². The van der Waals surface area contributed by atoms with Gasteiger partial charge < -0.3 is 24.8 Å². The summed E-state index contributed by atoms with van der Waals surface area (Å²) >= 11 is 0. The first-order valence-corrected chi connectivity index (χ1v) is 9.01. The van der Waals surface area contributed by atoms with E-state index in [9.17, 15) is 14.7 Å². The number of carbonyl (C=O) groups excluding carboxylic acids is 1. The molecular formula is C20H23N3O5. The van der Waals surface area contributed by atoms with Crippen LogP contribution in [0.2, 0.25) is 0 Å². The molecule has 2 heterocycles. The number of amides is 2. The molecule has 2 atom stereocenters. The van der Waals surface area contributed by atoms with Crippen LogP contribution in [0.4, 0.5) is 10.5 Å². The number of benzene rings is 1. The number of carbonyl (C=O) groups is 2. The predicted octanol–water partition coefficient (Wildman–Crippen LogP) is 3.46. The van der Waals surface area contributed by atoms with Crippen molar-refractivity contribution in [2.75, 3.05) is 25.5 Å². The summed E-state index contributed by atoms with van der Waals surface area (Å²) in [6.07, 6.45) is 2.08. The summed E-state index contributed by atoms with van der Waals surface area (Å²) in [7, 11) is 1.59. The third kappa shape index (κ3) is 4.91. The molecule has 8 nitrogen and oxygen atoms in total. The number of methoxy groups -OCH3 is 1. The monoisotopic (exact) mass is 385 g/mol. The first-order valence-electron chi connectivity index (χ1n) is 9.01. The number of piperidine rings is 1. The lowest BCUT2D eigenvalue weighted by Gasteiger charge is -2.34. The highest BCUT2D eigenvalue weighted by molar-refractivity contribution is 5.89. The average Bonchev–Trinajstić information content (AvgIpc) is 2.69. The Morgan fingerprint density at radius 2 is 1.86 bits per heavy atom. The van der Waals surface area contributed by atoms with Gasteiger partial charge in [-0.05, 0) is 42.7 Å². The van der Waals surface area contributed by atoms with Crippen LogP contribution < -0.4 is 14.8 Å². The number of hydrogen-bond acceptors (Lipinski definition) is 5. The van der Waals surface area contributed by atoms with Crippen molar-refractivity contribution >= 4 is 17.7 Å². The maximum Gasteiger partial charge on any atom is 0.321 e. The summed E-state index contributed by atoms with van der Waals surface area (Å²) in [6.45, 7) is 2.68. The Morgan fingerprint density at radius 3 is 2.46 bits per heavy atom. The summed E-state index contributed by atoms with van der Waals surface area (Å²) in [6, 6.07) is 10.1. The molecule has 2 amide bonds. The smallest absolute Gasteiger partial charge is 0.321 e. The fourth-order valence-corrected chi connectivity index (χ4v) is 3.18. The van der Waals surface area contributed by atoms with Crippen LogP contribution in [0.3, 0.4) is 0 Å². The van der Waals surface area contributed by atoms with E-state index in [1.54, 1.807) is 43.5 Å². The molecule has 0 bridgehead atoms. The van der Waals surface area contributed by atoms with Crippen LogP contribution in [0.15, 0.2) is 42.6 Å². The highest BCUT2D eigenvalue weighted by Crippen LogP contribution is 2.24. The highest BCUT2D eigenvalue weighted by atomic mass is 16.5. The average molecular weight is 385 g/mol. The Balaban J connectivity index is 1.58. The lowest BCUT2D eigenvalue weighted by Crippen LogP contribution is -2.47. The first-order chi connectivity index (χ1) is 13.4. The molecule has 1 saturated heterocycles. The van der Waals surface area contributed by atoms with Gasteiger partial charge in [-0.3, -0.25) is 4.79 Å². The van der Waals surface area contributed by atoms with Gasteiger partial charge in [0.1, 0.15) is 11.5 Å². The number of rotatable bonds is 5. The van der Waals surface area contributed by atoms with Crippen LogP contribution in [0.5, 0.6) is 17.4 Å². The predicted molar refractivity (Wildman–Crippen MR) is 103 cm³/mol. The molecule has 0 radical (unpaired) electrons. The fourth-order valence-electron chi connectivity index (χ4n) is 3.18. The standard InChI is InChI=1S/C20H23N3O5/c1-13-9-14(19(24)25)12-23(11-13)20(26)22-15-3-8-18(21-10-15)28-17-6-4-16(27-2)5-7-17/h3-8,10,13-14H,9,11-12H2,1-2H3,(H,22,26)(H,24,25). The molecule has 28 heavy (non-hydrogen) atoms. The van der Waals surface area contributed by atoms with E-state index in [1.165, 1.54) is 11.1 Å². The Bertz CT molecular complexity index is 823. The van der Waals surface area contributed by atoms with Crippen molar-refractivity contribution in [1.82, 2.24) is 9.88 Å². The van der Waals surface area contributed by atoms with Gasteiger partial charge in [-0.1, -0.05) is 6.92 Å². The summed E-state index contributed by atoms with van der Waals surface area (Å²) in [4.78, 5) is 29.5. The van der Waals surface area contributed by atoms with Crippen LogP contribution in [-0.2, 0) is 4.79 Å². The summed E-state index contributed by atoms with van der Waals surface area (Å²) in [5.74, 6) is 0.473. The number of nitrogens with zero attached hydrogens (tertiary/aromatic N) is 2. The number of hydrogen-bond donors (Lipinski definition) is 2. The van der Waals surface area contributed by atoms with E-state index in [2.05, 4.69) is 10.3 Å². The van der Waals surface area contributed by atoms with Crippen molar-refractivity contribution in [1.29, 1.82) is 0 Å². The number of ether oxygens (including phenoxy) is 2. The molecule has 1 fully saturated rings. The largest absolute Gasteiger partial charge is 0.497 e. The number of likely N-dealkylation sites (tertiary alicyclic amines) is 1. The molecular weight excluding hydrogens is 362 g/mol. The van der Waals surface area contributed by atoms with Gasteiger partial charge in [-0.25, -0.2) is 9.78 Å². The van der Waals surface area contributed by atoms with Gasteiger partial charge >= 0.3 is 12.0 Å². The third-order valence-electron chi connectivity index (χ3n) is 4.57. The second-order valence-electron chi connectivity index (χ2n) is 6.87. The zero-order chi connectivity index (χ0) is 20.1. The number of urea groups is 1. The quantitative estimate of drug-likeness (QED) is 0.817. The molecule has 0 saturated carbocycles. The Kier molecular flexibility index (Phi) is 5.98. The summed E-state index contributed by atoms with van der Waals surface area (Å²) in [5.41, 5.74) is 0.511. The maximum absolute atomic E-state index is 12.5. The molecule has 8 heteroatoms. The number of aromatic nitrogens is 1. The molecule has 2 N–H and O–H groups in total. The van der Waals surface area contributed by atoms with E-state index in [-0.39, 0.29) is 18.5 Å². The maximum atomic E-state index is 12.5. The number of nitrogens with one attached hydrogen (secondary N) is 1. The molecule has 148 valence electrons. The van der Waals surface area contributed by atoms with Gasteiger partial charge in [0.2, 0.25) is 5.88 Å². The van der Waals surface area contributed by atoms with E-state index in [0.717, 1.165) is 5.75 Å². The van der Waals surface area contributed by atoms with Gasteiger partial charge in [0.25, 0.3) is 0 Å². The molecule has 0 spiro atoms. The van der Waals surface area contributed by atoms with Gasteiger partial charge in [0, 0.05) is 19.2 Å². The number of anilines is 1. The van der Waals surface area contributed by atoms with Crippen LogP contribution >= 0.6 is 0 Å². The molecule has 0 aliphatic carbocycles. The minimum atomic E-state index is -0.869. The summed E-state index contributed by atoms with van der Waals surface area (Å²) in [5, 5.41) is 12.0. The molecule has 1 aromatic carbocycles. The lowest BCUT2D eigenvalue weighted by atomic mass is 9.91. The second-order valence-corrected chi connectivity index (χ2v) is 6.87.